The van der Waals surface area contributed by atoms with E-state index in [0.29, 0.717) is 18.0 Å². The molecule has 17 heavy (non-hydrogen) atoms. The second-order valence-corrected chi connectivity index (χ2v) is 4.72. The van der Waals surface area contributed by atoms with Gasteiger partial charge < -0.3 is 4.90 Å². The second kappa shape index (κ2) is 5.37. The van der Waals surface area contributed by atoms with Crippen LogP contribution in [0.1, 0.15) is 24.8 Å². The first kappa shape index (κ1) is 12.2. The van der Waals surface area contributed by atoms with E-state index in [0.717, 1.165) is 18.4 Å². The third kappa shape index (κ3) is 2.70. The van der Waals surface area contributed by atoms with Crippen LogP contribution in [0.3, 0.4) is 0 Å². The van der Waals surface area contributed by atoms with Crippen LogP contribution in [0.25, 0.3) is 0 Å². The molecule has 1 aromatic rings. The average Bonchev–Trinajstić information content (AvgIpc) is 2.34. The monoisotopic (exact) mass is 249 g/mol. The van der Waals surface area contributed by atoms with E-state index in [1.54, 1.807) is 0 Å². The van der Waals surface area contributed by atoms with E-state index in [2.05, 4.69) is 6.58 Å². The molecule has 1 amide bonds. The molecule has 1 heterocycles. The summed E-state index contributed by atoms with van der Waals surface area (Å²) >= 11 is 6.12. The SMILES string of the molecule is C=CC1CCCC(=O)N1Cc1ccccc1Cl. The van der Waals surface area contributed by atoms with E-state index in [4.69, 9.17) is 11.6 Å². The van der Waals surface area contributed by atoms with E-state index in [1.807, 2.05) is 35.2 Å². The highest BCUT2D eigenvalue weighted by Gasteiger charge is 2.26. The minimum absolute atomic E-state index is 0.146. The van der Waals surface area contributed by atoms with Crippen molar-refractivity contribution in [1.82, 2.24) is 4.90 Å². The molecule has 0 spiro atoms. The smallest absolute Gasteiger partial charge is 0.223 e. The zero-order chi connectivity index (χ0) is 12.3. The highest BCUT2D eigenvalue weighted by Crippen LogP contribution is 2.24. The van der Waals surface area contributed by atoms with Crippen molar-refractivity contribution in [2.24, 2.45) is 0 Å². The molecule has 2 nitrogen and oxygen atoms in total. The topological polar surface area (TPSA) is 20.3 Å². The van der Waals surface area contributed by atoms with E-state index in [-0.39, 0.29) is 11.9 Å². The molecule has 1 aromatic carbocycles. The molecular weight excluding hydrogens is 234 g/mol. The van der Waals surface area contributed by atoms with Crippen molar-refractivity contribution in [2.75, 3.05) is 0 Å². The first-order valence-corrected chi connectivity index (χ1v) is 6.25. The lowest BCUT2D eigenvalue weighted by molar-refractivity contribution is -0.135. The van der Waals surface area contributed by atoms with Crippen LogP contribution in [0.15, 0.2) is 36.9 Å². The van der Waals surface area contributed by atoms with Gasteiger partial charge in [-0.05, 0) is 24.5 Å². The van der Waals surface area contributed by atoms with Gasteiger partial charge in [-0.3, -0.25) is 4.79 Å². The fourth-order valence-electron chi connectivity index (χ4n) is 2.21. The number of benzene rings is 1. The maximum absolute atomic E-state index is 11.9. The predicted octanol–water partition coefficient (Wildman–Crippen LogP) is 3.41. The van der Waals surface area contributed by atoms with Crippen molar-refractivity contribution in [3.8, 4) is 0 Å². The number of likely N-dealkylation sites (tertiary alicyclic amines) is 1. The highest BCUT2D eigenvalue weighted by atomic mass is 35.5. The first-order valence-electron chi connectivity index (χ1n) is 5.88. The summed E-state index contributed by atoms with van der Waals surface area (Å²) in [6.45, 7) is 4.38. The molecule has 0 aliphatic carbocycles. The number of carbonyl (C=O) groups excluding carboxylic acids is 1. The number of amides is 1. The average molecular weight is 250 g/mol. The largest absolute Gasteiger partial charge is 0.332 e. The van der Waals surface area contributed by atoms with Gasteiger partial charge in [-0.25, -0.2) is 0 Å². The van der Waals surface area contributed by atoms with Crippen LogP contribution in [0.2, 0.25) is 5.02 Å². The maximum atomic E-state index is 11.9. The van der Waals surface area contributed by atoms with Crippen LogP contribution in [0, 0.1) is 0 Å². The quantitative estimate of drug-likeness (QED) is 0.752. The highest BCUT2D eigenvalue weighted by molar-refractivity contribution is 6.31. The molecule has 3 heteroatoms. The van der Waals surface area contributed by atoms with Crippen molar-refractivity contribution in [3.05, 3.63) is 47.5 Å². The molecule has 1 atom stereocenters. The summed E-state index contributed by atoms with van der Waals surface area (Å²) in [5, 5.41) is 0.716. The lowest BCUT2D eigenvalue weighted by Gasteiger charge is -2.34. The van der Waals surface area contributed by atoms with E-state index in [9.17, 15) is 4.79 Å². The van der Waals surface area contributed by atoms with Crippen molar-refractivity contribution in [1.29, 1.82) is 0 Å². The van der Waals surface area contributed by atoms with E-state index < -0.39 is 0 Å². The molecule has 1 saturated heterocycles. The number of piperidine rings is 1. The molecule has 0 saturated carbocycles. The molecule has 0 N–H and O–H groups in total. The third-order valence-corrected chi connectivity index (χ3v) is 3.55. The Morgan fingerprint density at radius 2 is 2.24 bits per heavy atom. The lowest BCUT2D eigenvalue weighted by Crippen LogP contribution is -2.41. The summed E-state index contributed by atoms with van der Waals surface area (Å²) in [5.74, 6) is 0.195. The van der Waals surface area contributed by atoms with Crippen molar-refractivity contribution < 1.29 is 4.79 Å². The third-order valence-electron chi connectivity index (χ3n) is 3.18. The fourth-order valence-corrected chi connectivity index (χ4v) is 2.40. The Morgan fingerprint density at radius 1 is 1.47 bits per heavy atom. The normalized spacial score (nSPS) is 20.4. The molecule has 1 unspecified atom stereocenters. The van der Waals surface area contributed by atoms with Gasteiger partial charge in [0.1, 0.15) is 0 Å². The van der Waals surface area contributed by atoms with Crippen LogP contribution < -0.4 is 0 Å². The molecular formula is C14H16ClNO. The summed E-state index contributed by atoms with van der Waals surface area (Å²) < 4.78 is 0. The number of nitrogens with zero attached hydrogens (tertiary/aromatic N) is 1. The summed E-state index contributed by atoms with van der Waals surface area (Å²) in [5.41, 5.74) is 0.997. The van der Waals surface area contributed by atoms with Gasteiger partial charge in [-0.2, -0.15) is 0 Å². The lowest BCUT2D eigenvalue weighted by atomic mass is 10.0. The van der Waals surface area contributed by atoms with Crippen LogP contribution in [0.5, 0.6) is 0 Å². The number of hydrogen-bond donors (Lipinski definition) is 0. The van der Waals surface area contributed by atoms with Gasteiger partial charge in [0, 0.05) is 18.0 Å². The molecule has 0 bridgehead atoms. The van der Waals surface area contributed by atoms with Crippen molar-refractivity contribution in [3.63, 3.8) is 0 Å². The van der Waals surface area contributed by atoms with Gasteiger partial charge >= 0.3 is 0 Å². The minimum Gasteiger partial charge on any atom is -0.332 e. The Morgan fingerprint density at radius 3 is 2.94 bits per heavy atom. The van der Waals surface area contributed by atoms with Gasteiger partial charge in [0.25, 0.3) is 0 Å². The Bertz CT molecular complexity index is 430. The molecule has 1 aliphatic heterocycles. The van der Waals surface area contributed by atoms with Gasteiger partial charge in [0.15, 0.2) is 0 Å². The van der Waals surface area contributed by atoms with Crippen molar-refractivity contribution >= 4 is 17.5 Å². The minimum atomic E-state index is 0.146. The molecule has 2 rings (SSSR count). The summed E-state index contributed by atoms with van der Waals surface area (Å²) in [6.07, 6.45) is 4.44. The van der Waals surface area contributed by atoms with Crippen molar-refractivity contribution in [2.45, 2.75) is 31.8 Å². The molecule has 1 aliphatic rings. The Balaban J connectivity index is 2.18. The van der Waals surface area contributed by atoms with E-state index >= 15 is 0 Å². The Labute approximate surface area is 107 Å². The Hall–Kier alpha value is -1.28. The van der Waals surface area contributed by atoms with Gasteiger partial charge in [-0.15, -0.1) is 6.58 Å². The molecule has 0 aromatic heterocycles. The molecule has 90 valence electrons. The van der Waals surface area contributed by atoms with E-state index in [1.165, 1.54) is 0 Å². The van der Waals surface area contributed by atoms with Gasteiger partial charge in [-0.1, -0.05) is 35.9 Å². The fraction of sp³-hybridized carbons (Fsp3) is 0.357. The van der Waals surface area contributed by atoms with Crippen LogP contribution >= 0.6 is 11.6 Å². The Kier molecular flexibility index (Phi) is 3.85. The van der Waals surface area contributed by atoms with Crippen LogP contribution in [-0.2, 0) is 11.3 Å². The number of carbonyl (C=O) groups is 1. The van der Waals surface area contributed by atoms with Crippen LogP contribution in [-0.4, -0.2) is 16.8 Å². The zero-order valence-electron chi connectivity index (χ0n) is 9.73. The number of rotatable bonds is 3. The molecule has 0 radical (unpaired) electrons. The zero-order valence-corrected chi connectivity index (χ0v) is 10.5. The van der Waals surface area contributed by atoms with Gasteiger partial charge in [0.05, 0.1) is 6.04 Å². The number of halogens is 1. The van der Waals surface area contributed by atoms with Crippen LogP contribution in [0.4, 0.5) is 0 Å². The molecule has 1 fully saturated rings. The predicted molar refractivity (Wildman–Crippen MR) is 69.8 cm³/mol. The first-order chi connectivity index (χ1) is 8.22. The van der Waals surface area contributed by atoms with Gasteiger partial charge in [0.2, 0.25) is 5.91 Å². The maximum Gasteiger partial charge on any atom is 0.223 e. The standard InChI is InChI=1S/C14H16ClNO/c1-2-12-7-5-9-14(17)16(12)10-11-6-3-4-8-13(11)15/h2-4,6,8,12H,1,5,7,9-10H2. The second-order valence-electron chi connectivity index (χ2n) is 4.31. The summed E-state index contributed by atoms with van der Waals surface area (Å²) in [7, 11) is 0. The number of hydrogen-bond acceptors (Lipinski definition) is 1. The summed E-state index contributed by atoms with van der Waals surface area (Å²) in [4.78, 5) is 13.8. The summed E-state index contributed by atoms with van der Waals surface area (Å²) in [6, 6.07) is 7.80.